The van der Waals surface area contributed by atoms with Gasteiger partial charge in [0.2, 0.25) is 6.36 Å². The van der Waals surface area contributed by atoms with Crippen molar-refractivity contribution >= 4 is 19.4 Å². The first-order chi connectivity index (χ1) is 3.95. The van der Waals surface area contributed by atoms with Gasteiger partial charge in [-0.1, -0.05) is 0 Å². The van der Waals surface area contributed by atoms with E-state index in [0.717, 1.165) is 0 Å². The predicted octanol–water partition coefficient (Wildman–Crippen LogP) is 0.630. The van der Waals surface area contributed by atoms with Gasteiger partial charge in [-0.05, 0) is 0 Å². The van der Waals surface area contributed by atoms with Crippen LogP contribution in [0.5, 0.6) is 0 Å². The Balaban J connectivity index is 3.60. The SMILES string of the molecule is O=P(O)(O)OC(F)CCl. The minimum atomic E-state index is -4.70. The molecule has 0 spiro atoms. The summed E-state index contributed by atoms with van der Waals surface area (Å²) in [6.07, 6.45) is -2.10. The highest BCUT2D eigenvalue weighted by Crippen LogP contribution is 2.37. The van der Waals surface area contributed by atoms with Gasteiger partial charge in [0, 0.05) is 0 Å². The van der Waals surface area contributed by atoms with E-state index < -0.39 is 20.1 Å². The summed E-state index contributed by atoms with van der Waals surface area (Å²) in [7, 11) is -4.70. The summed E-state index contributed by atoms with van der Waals surface area (Å²) in [6.45, 7) is 0. The fourth-order valence-electron chi connectivity index (χ4n) is 0.177. The van der Waals surface area contributed by atoms with Gasteiger partial charge in [-0.3, -0.25) is 4.52 Å². The van der Waals surface area contributed by atoms with E-state index in [1.165, 1.54) is 0 Å². The molecule has 0 heterocycles. The van der Waals surface area contributed by atoms with Crippen LogP contribution in [0.2, 0.25) is 0 Å². The molecule has 0 aromatic heterocycles. The van der Waals surface area contributed by atoms with Crippen LogP contribution in [0.15, 0.2) is 0 Å². The minimum absolute atomic E-state index is 0.592. The lowest BCUT2D eigenvalue weighted by Gasteiger charge is -2.05. The summed E-state index contributed by atoms with van der Waals surface area (Å²) in [5.41, 5.74) is 0. The predicted molar refractivity (Wildman–Crippen MR) is 28.7 cm³/mol. The van der Waals surface area contributed by atoms with Gasteiger partial charge >= 0.3 is 7.82 Å². The minimum Gasteiger partial charge on any atom is -0.303 e. The third-order valence-corrected chi connectivity index (χ3v) is 1.12. The van der Waals surface area contributed by atoms with Gasteiger partial charge in [-0.15, -0.1) is 11.6 Å². The number of hydrogen-bond donors (Lipinski definition) is 2. The van der Waals surface area contributed by atoms with E-state index in [4.69, 9.17) is 21.4 Å². The summed E-state index contributed by atoms with van der Waals surface area (Å²) in [5, 5.41) is 0. The van der Waals surface area contributed by atoms with E-state index >= 15 is 0 Å². The second kappa shape index (κ2) is 3.49. The van der Waals surface area contributed by atoms with Gasteiger partial charge in [0.25, 0.3) is 0 Å². The van der Waals surface area contributed by atoms with Crippen molar-refractivity contribution in [2.24, 2.45) is 0 Å². The van der Waals surface area contributed by atoms with Crippen molar-refractivity contribution in [2.75, 3.05) is 5.88 Å². The maximum absolute atomic E-state index is 11.8. The first kappa shape index (κ1) is 9.33. The highest BCUT2D eigenvalue weighted by atomic mass is 35.5. The second-order valence-corrected chi connectivity index (χ2v) is 2.66. The number of phosphoric acid groups is 1. The second-order valence-electron chi connectivity index (χ2n) is 1.16. The highest BCUT2D eigenvalue weighted by Gasteiger charge is 2.20. The van der Waals surface area contributed by atoms with Gasteiger partial charge in [-0.2, -0.15) is 0 Å². The van der Waals surface area contributed by atoms with Crippen molar-refractivity contribution in [3.63, 3.8) is 0 Å². The molecule has 56 valence electrons. The average Bonchev–Trinajstić information content (AvgIpc) is 1.62. The molecule has 0 amide bonds. The molecular formula is C2H5ClFO4P. The molecule has 0 saturated heterocycles. The summed E-state index contributed by atoms with van der Waals surface area (Å²) < 4.78 is 25.0. The normalized spacial score (nSPS) is 15.6. The summed E-state index contributed by atoms with van der Waals surface area (Å²) >= 11 is 4.81. The topological polar surface area (TPSA) is 66.8 Å². The van der Waals surface area contributed by atoms with Crippen LogP contribution in [0.3, 0.4) is 0 Å². The van der Waals surface area contributed by atoms with Gasteiger partial charge in [0.1, 0.15) is 0 Å². The molecule has 1 unspecified atom stereocenters. The Kier molecular flexibility index (Phi) is 3.61. The van der Waals surface area contributed by atoms with Crippen LogP contribution in [0.4, 0.5) is 4.39 Å². The third kappa shape index (κ3) is 6.21. The van der Waals surface area contributed by atoms with Crippen LogP contribution in [-0.4, -0.2) is 22.0 Å². The molecule has 0 aliphatic heterocycles. The van der Waals surface area contributed by atoms with E-state index in [0.29, 0.717) is 0 Å². The molecule has 7 heteroatoms. The van der Waals surface area contributed by atoms with Crippen LogP contribution >= 0.6 is 19.4 Å². The Labute approximate surface area is 55.8 Å². The molecule has 0 saturated carbocycles. The lowest BCUT2D eigenvalue weighted by atomic mass is 10.8. The smallest absolute Gasteiger partial charge is 0.303 e. The zero-order valence-corrected chi connectivity index (χ0v) is 5.85. The first-order valence-electron chi connectivity index (χ1n) is 1.89. The molecule has 0 aromatic rings. The average molecular weight is 178 g/mol. The quantitative estimate of drug-likeness (QED) is 0.491. The Morgan fingerprint density at radius 1 is 1.78 bits per heavy atom. The zero-order chi connectivity index (χ0) is 7.49. The molecule has 4 nitrogen and oxygen atoms in total. The molecule has 0 rings (SSSR count). The van der Waals surface area contributed by atoms with Crippen LogP contribution in [0.25, 0.3) is 0 Å². The highest BCUT2D eigenvalue weighted by molar-refractivity contribution is 7.46. The summed E-state index contributed by atoms with van der Waals surface area (Å²) in [6, 6.07) is 0. The Bertz CT molecular complexity index is 124. The van der Waals surface area contributed by atoms with Gasteiger partial charge in [0.05, 0.1) is 5.88 Å². The maximum Gasteiger partial charge on any atom is 0.472 e. The number of hydrogen-bond acceptors (Lipinski definition) is 2. The Hall–Kier alpha value is 0.330. The van der Waals surface area contributed by atoms with E-state index in [1.54, 1.807) is 0 Å². The van der Waals surface area contributed by atoms with Crippen LogP contribution in [0, 0.1) is 0 Å². The van der Waals surface area contributed by atoms with Crippen molar-refractivity contribution in [1.82, 2.24) is 0 Å². The molecule has 0 bridgehead atoms. The fraction of sp³-hybridized carbons (Fsp3) is 1.00. The molecule has 1 atom stereocenters. The van der Waals surface area contributed by atoms with Gasteiger partial charge in [0.15, 0.2) is 0 Å². The zero-order valence-electron chi connectivity index (χ0n) is 4.20. The van der Waals surface area contributed by atoms with Crippen molar-refractivity contribution in [1.29, 1.82) is 0 Å². The number of phosphoric ester groups is 1. The molecule has 2 N–H and O–H groups in total. The molecule has 0 aromatic carbocycles. The van der Waals surface area contributed by atoms with E-state index in [9.17, 15) is 8.96 Å². The molecule has 0 aliphatic rings. The third-order valence-electron chi connectivity index (χ3n) is 0.373. The Morgan fingerprint density at radius 2 is 2.22 bits per heavy atom. The van der Waals surface area contributed by atoms with E-state index in [-0.39, 0.29) is 0 Å². The largest absolute Gasteiger partial charge is 0.472 e. The number of rotatable bonds is 3. The summed E-state index contributed by atoms with van der Waals surface area (Å²) in [4.78, 5) is 15.8. The van der Waals surface area contributed by atoms with E-state index in [1.807, 2.05) is 0 Å². The maximum atomic E-state index is 11.8. The van der Waals surface area contributed by atoms with Gasteiger partial charge < -0.3 is 9.79 Å². The van der Waals surface area contributed by atoms with Crippen LogP contribution in [-0.2, 0) is 9.09 Å². The molecule has 0 aliphatic carbocycles. The monoisotopic (exact) mass is 178 g/mol. The standard InChI is InChI=1S/C2H5ClFO4P/c3-1-2(4)8-9(5,6)7/h2H,1H2,(H2,5,6,7). The Morgan fingerprint density at radius 3 is 2.33 bits per heavy atom. The first-order valence-corrected chi connectivity index (χ1v) is 3.96. The number of halogens is 2. The molecular weight excluding hydrogens is 173 g/mol. The van der Waals surface area contributed by atoms with Crippen molar-refractivity contribution in [2.45, 2.75) is 6.36 Å². The lowest BCUT2D eigenvalue weighted by molar-refractivity contribution is 0.0534. The van der Waals surface area contributed by atoms with Gasteiger partial charge in [-0.25, -0.2) is 8.96 Å². The molecule has 0 radical (unpaired) electrons. The van der Waals surface area contributed by atoms with Crippen molar-refractivity contribution in [3.05, 3.63) is 0 Å². The fourth-order valence-corrected chi connectivity index (χ4v) is 0.701. The van der Waals surface area contributed by atoms with Crippen LogP contribution in [0.1, 0.15) is 0 Å². The summed E-state index contributed by atoms with van der Waals surface area (Å²) in [5.74, 6) is -0.592. The molecule has 9 heavy (non-hydrogen) atoms. The molecule has 0 fully saturated rings. The van der Waals surface area contributed by atoms with Crippen molar-refractivity contribution in [3.8, 4) is 0 Å². The number of alkyl halides is 2. The van der Waals surface area contributed by atoms with Crippen molar-refractivity contribution < 1.29 is 23.3 Å². The lowest BCUT2D eigenvalue weighted by Crippen LogP contribution is -2.05. The van der Waals surface area contributed by atoms with E-state index in [2.05, 4.69) is 4.52 Å². The van der Waals surface area contributed by atoms with Crippen LogP contribution < -0.4 is 0 Å².